The van der Waals surface area contributed by atoms with E-state index in [1.54, 1.807) is 18.3 Å². The smallest absolute Gasteiger partial charge is 0.269 e. The van der Waals surface area contributed by atoms with Crippen LogP contribution in [0.15, 0.2) is 59.7 Å². The van der Waals surface area contributed by atoms with Gasteiger partial charge in [0.15, 0.2) is 0 Å². The molecule has 0 saturated heterocycles. The monoisotopic (exact) mass is 460 g/mol. The molecule has 132 valence electrons. The second-order valence-electron chi connectivity index (χ2n) is 5.81. The van der Waals surface area contributed by atoms with Gasteiger partial charge < -0.3 is 4.57 Å². The number of halogens is 1. The third kappa shape index (κ3) is 3.93. The third-order valence-electron chi connectivity index (χ3n) is 4.03. The molecule has 1 N–H and O–H groups in total. The van der Waals surface area contributed by atoms with Crippen molar-refractivity contribution < 1.29 is 4.92 Å². The van der Waals surface area contributed by atoms with Crippen molar-refractivity contribution in [1.82, 2.24) is 4.57 Å². The van der Waals surface area contributed by atoms with Crippen LogP contribution >= 0.6 is 22.6 Å². The number of aryl methyl sites for hydroxylation is 1. The molecule has 1 heterocycles. The molecular weight excluding hydrogens is 443 g/mol. The van der Waals surface area contributed by atoms with Crippen LogP contribution in [0, 0.1) is 27.5 Å². The molecular formula is C19H17IN4O2. The lowest BCUT2D eigenvalue weighted by atomic mass is 10.2. The molecule has 0 amide bonds. The van der Waals surface area contributed by atoms with Gasteiger partial charge in [-0.05, 0) is 78.9 Å². The third-order valence-corrected chi connectivity index (χ3v) is 4.75. The van der Waals surface area contributed by atoms with Crippen LogP contribution in [0.25, 0.3) is 5.69 Å². The minimum absolute atomic E-state index is 0.0831. The van der Waals surface area contributed by atoms with Crippen molar-refractivity contribution in [1.29, 1.82) is 0 Å². The molecule has 0 aliphatic carbocycles. The number of rotatable bonds is 5. The van der Waals surface area contributed by atoms with E-state index in [-0.39, 0.29) is 5.69 Å². The zero-order valence-electron chi connectivity index (χ0n) is 14.3. The van der Waals surface area contributed by atoms with Crippen molar-refractivity contribution in [2.24, 2.45) is 5.10 Å². The largest absolute Gasteiger partial charge is 0.318 e. The maximum absolute atomic E-state index is 10.8. The summed E-state index contributed by atoms with van der Waals surface area (Å²) >= 11 is 2.26. The maximum Gasteiger partial charge on any atom is 0.269 e. The van der Waals surface area contributed by atoms with Crippen LogP contribution in [0.3, 0.4) is 0 Å². The summed E-state index contributed by atoms with van der Waals surface area (Å²) in [5.41, 5.74) is 7.95. The highest BCUT2D eigenvalue weighted by atomic mass is 127. The van der Waals surface area contributed by atoms with Crippen molar-refractivity contribution in [2.75, 3.05) is 5.43 Å². The first kappa shape index (κ1) is 18.1. The van der Waals surface area contributed by atoms with Crippen molar-refractivity contribution in [2.45, 2.75) is 13.8 Å². The number of aromatic nitrogens is 1. The Hall–Kier alpha value is -2.68. The number of non-ortho nitro benzene ring substituents is 1. The van der Waals surface area contributed by atoms with Gasteiger partial charge in [-0.15, -0.1) is 0 Å². The fourth-order valence-electron chi connectivity index (χ4n) is 2.74. The van der Waals surface area contributed by atoms with Gasteiger partial charge in [0.1, 0.15) is 0 Å². The second kappa shape index (κ2) is 7.69. The molecule has 1 aromatic heterocycles. The number of hydrazone groups is 1. The average molecular weight is 460 g/mol. The van der Waals surface area contributed by atoms with Crippen LogP contribution in [0.4, 0.5) is 11.4 Å². The lowest BCUT2D eigenvalue weighted by molar-refractivity contribution is -0.384. The number of nitrogens with zero attached hydrogens (tertiary/aromatic N) is 3. The molecule has 0 radical (unpaired) electrons. The Bertz CT molecular complexity index is 960. The van der Waals surface area contributed by atoms with Gasteiger partial charge in [-0.2, -0.15) is 5.10 Å². The summed E-state index contributed by atoms with van der Waals surface area (Å²) in [7, 11) is 0. The molecule has 7 heteroatoms. The fourth-order valence-corrected chi connectivity index (χ4v) is 3.10. The fraction of sp³-hybridized carbons (Fsp3) is 0.105. The van der Waals surface area contributed by atoms with E-state index in [1.165, 1.54) is 15.7 Å². The topological polar surface area (TPSA) is 72.5 Å². The number of hydrogen-bond donors (Lipinski definition) is 1. The van der Waals surface area contributed by atoms with Gasteiger partial charge in [0.25, 0.3) is 5.69 Å². The van der Waals surface area contributed by atoms with Crippen LogP contribution < -0.4 is 5.43 Å². The number of nitro benzene ring substituents is 1. The molecule has 0 unspecified atom stereocenters. The Morgan fingerprint density at radius 2 is 1.77 bits per heavy atom. The van der Waals surface area contributed by atoms with Gasteiger partial charge in [0.2, 0.25) is 0 Å². The first-order valence-corrected chi connectivity index (χ1v) is 9.02. The Morgan fingerprint density at radius 1 is 1.12 bits per heavy atom. The van der Waals surface area contributed by atoms with Crippen molar-refractivity contribution in [3.05, 3.63) is 85.2 Å². The molecule has 3 aromatic rings. The maximum atomic E-state index is 10.8. The van der Waals surface area contributed by atoms with E-state index >= 15 is 0 Å². The predicted molar refractivity (Wildman–Crippen MR) is 112 cm³/mol. The van der Waals surface area contributed by atoms with Gasteiger partial charge >= 0.3 is 0 Å². The van der Waals surface area contributed by atoms with E-state index in [2.05, 4.69) is 37.7 Å². The highest BCUT2D eigenvalue weighted by molar-refractivity contribution is 14.1. The van der Waals surface area contributed by atoms with Crippen molar-refractivity contribution >= 4 is 40.2 Å². The number of hydrogen-bond acceptors (Lipinski definition) is 4. The summed E-state index contributed by atoms with van der Waals surface area (Å²) in [5, 5.41) is 15.1. The number of benzene rings is 2. The Balaban J connectivity index is 1.82. The molecule has 0 spiro atoms. The second-order valence-corrected chi connectivity index (χ2v) is 7.06. The minimum Gasteiger partial charge on any atom is -0.318 e. The summed E-state index contributed by atoms with van der Waals surface area (Å²) in [6, 6.07) is 16.5. The molecule has 0 atom stereocenters. The highest BCUT2D eigenvalue weighted by Gasteiger charge is 2.11. The Labute approximate surface area is 164 Å². The van der Waals surface area contributed by atoms with Gasteiger partial charge in [0.05, 0.1) is 16.8 Å². The Morgan fingerprint density at radius 3 is 2.38 bits per heavy atom. The van der Waals surface area contributed by atoms with Crippen molar-refractivity contribution in [3.8, 4) is 5.69 Å². The van der Waals surface area contributed by atoms with Gasteiger partial charge in [-0.3, -0.25) is 15.5 Å². The van der Waals surface area contributed by atoms with E-state index in [9.17, 15) is 10.1 Å². The van der Waals surface area contributed by atoms with Crippen LogP contribution in [0.5, 0.6) is 0 Å². The average Bonchev–Trinajstić information content (AvgIpc) is 2.90. The van der Waals surface area contributed by atoms with Crippen LogP contribution in [0.1, 0.15) is 17.0 Å². The quantitative estimate of drug-likeness (QED) is 0.251. The number of anilines is 1. The van der Waals surface area contributed by atoms with Crippen LogP contribution in [0.2, 0.25) is 0 Å². The molecule has 0 aliphatic rings. The van der Waals surface area contributed by atoms with Crippen LogP contribution in [-0.2, 0) is 0 Å². The minimum atomic E-state index is -0.395. The van der Waals surface area contributed by atoms with Gasteiger partial charge in [0, 0.05) is 38.3 Å². The summed E-state index contributed by atoms with van der Waals surface area (Å²) in [5.74, 6) is 0. The summed E-state index contributed by atoms with van der Waals surface area (Å²) < 4.78 is 3.22. The number of nitro groups is 1. The van der Waals surface area contributed by atoms with Crippen LogP contribution in [-0.4, -0.2) is 15.7 Å². The molecule has 2 aromatic carbocycles. The highest BCUT2D eigenvalue weighted by Crippen LogP contribution is 2.22. The molecule has 0 bridgehead atoms. The van der Waals surface area contributed by atoms with E-state index < -0.39 is 4.92 Å². The molecule has 6 nitrogen and oxygen atoms in total. The van der Waals surface area contributed by atoms with E-state index in [0.717, 1.165) is 28.3 Å². The van der Waals surface area contributed by atoms with E-state index in [4.69, 9.17) is 0 Å². The zero-order valence-corrected chi connectivity index (χ0v) is 16.5. The zero-order chi connectivity index (χ0) is 18.7. The summed E-state index contributed by atoms with van der Waals surface area (Å²) in [4.78, 5) is 10.4. The lowest BCUT2D eigenvalue weighted by Crippen LogP contribution is -2.00. The SMILES string of the molecule is Cc1cc(C=NNc2ccc(I)cc2)c(C)n1-c1ccc([N+](=O)[O-])cc1. The molecule has 0 saturated carbocycles. The standard InChI is InChI=1S/C19H17IN4O2/c1-13-11-15(12-21-22-17-5-3-16(20)4-6-17)14(2)23(13)18-7-9-19(10-8-18)24(25)26/h3-12,22H,1-2H3. The Kier molecular flexibility index (Phi) is 5.36. The van der Waals surface area contributed by atoms with E-state index in [1.807, 2.05) is 44.2 Å². The molecule has 0 aliphatic heterocycles. The first-order chi connectivity index (χ1) is 12.5. The molecule has 3 rings (SSSR count). The van der Waals surface area contributed by atoms with Gasteiger partial charge in [-0.1, -0.05) is 0 Å². The molecule has 0 fully saturated rings. The number of nitrogens with one attached hydrogen (secondary N) is 1. The molecule has 26 heavy (non-hydrogen) atoms. The summed E-state index contributed by atoms with van der Waals surface area (Å²) in [6.07, 6.45) is 1.78. The summed E-state index contributed by atoms with van der Waals surface area (Å²) in [6.45, 7) is 4.00. The van der Waals surface area contributed by atoms with Crippen molar-refractivity contribution in [3.63, 3.8) is 0 Å². The normalized spacial score (nSPS) is 11.0. The van der Waals surface area contributed by atoms with Gasteiger partial charge in [-0.25, -0.2) is 0 Å². The lowest BCUT2D eigenvalue weighted by Gasteiger charge is -2.09. The van der Waals surface area contributed by atoms with E-state index in [0.29, 0.717) is 0 Å². The first-order valence-electron chi connectivity index (χ1n) is 7.94. The predicted octanol–water partition coefficient (Wildman–Crippen LogP) is 5.05.